The predicted octanol–water partition coefficient (Wildman–Crippen LogP) is 1.31. The maximum atomic E-state index is 12.2. The van der Waals surface area contributed by atoms with E-state index >= 15 is 0 Å². The largest absolute Gasteiger partial charge is 0.386 e. The van der Waals surface area contributed by atoms with Gasteiger partial charge in [-0.25, -0.2) is 0 Å². The summed E-state index contributed by atoms with van der Waals surface area (Å²) in [6.45, 7) is 4.78. The van der Waals surface area contributed by atoms with E-state index in [4.69, 9.17) is 0 Å². The molecule has 0 bridgehead atoms. The summed E-state index contributed by atoms with van der Waals surface area (Å²) in [6.07, 6.45) is 1.64. The average Bonchev–Trinajstić information content (AvgIpc) is 2.42. The van der Waals surface area contributed by atoms with Crippen LogP contribution in [0.1, 0.15) is 42.6 Å². The van der Waals surface area contributed by atoms with Gasteiger partial charge in [-0.2, -0.15) is 0 Å². The zero-order chi connectivity index (χ0) is 15.5. The number of benzene rings is 1. The van der Waals surface area contributed by atoms with Gasteiger partial charge in [-0.15, -0.1) is 0 Å². The fourth-order valence-electron chi connectivity index (χ4n) is 2.61. The molecule has 1 aromatic carbocycles. The van der Waals surface area contributed by atoms with Crippen molar-refractivity contribution in [3.05, 3.63) is 35.4 Å². The SMILES string of the molecule is CCCC1(O)CN(C(=O)c2ccc(CNC(C)=O)cc2)C1. The van der Waals surface area contributed by atoms with Gasteiger partial charge in [0.2, 0.25) is 5.91 Å². The Morgan fingerprint density at radius 3 is 2.43 bits per heavy atom. The highest BCUT2D eigenvalue weighted by molar-refractivity contribution is 5.95. The number of aliphatic hydroxyl groups is 1. The minimum Gasteiger partial charge on any atom is -0.386 e. The van der Waals surface area contributed by atoms with Crippen LogP contribution in [0.15, 0.2) is 24.3 Å². The van der Waals surface area contributed by atoms with Crippen molar-refractivity contribution in [3.63, 3.8) is 0 Å². The maximum Gasteiger partial charge on any atom is 0.254 e. The summed E-state index contributed by atoms with van der Waals surface area (Å²) in [5, 5.41) is 12.8. The van der Waals surface area contributed by atoms with Crippen molar-refractivity contribution < 1.29 is 14.7 Å². The van der Waals surface area contributed by atoms with Gasteiger partial charge < -0.3 is 15.3 Å². The van der Waals surface area contributed by atoms with Crippen molar-refractivity contribution >= 4 is 11.8 Å². The zero-order valence-electron chi connectivity index (χ0n) is 12.6. The normalized spacial score (nSPS) is 16.2. The lowest BCUT2D eigenvalue weighted by Gasteiger charge is -2.46. The molecule has 0 spiro atoms. The van der Waals surface area contributed by atoms with Crippen molar-refractivity contribution in [1.29, 1.82) is 0 Å². The lowest BCUT2D eigenvalue weighted by Crippen LogP contribution is -2.63. The standard InChI is InChI=1S/C16H22N2O3/c1-3-8-16(21)10-18(11-16)15(20)14-6-4-13(5-7-14)9-17-12(2)19/h4-7,21H,3,8-11H2,1-2H3,(H,17,19). The summed E-state index contributed by atoms with van der Waals surface area (Å²) in [6, 6.07) is 7.19. The average molecular weight is 290 g/mol. The first-order valence-electron chi connectivity index (χ1n) is 7.28. The van der Waals surface area contributed by atoms with E-state index in [1.54, 1.807) is 17.0 Å². The Bertz CT molecular complexity index is 519. The summed E-state index contributed by atoms with van der Waals surface area (Å²) in [5.41, 5.74) is 0.864. The molecule has 0 aromatic heterocycles. The smallest absolute Gasteiger partial charge is 0.254 e. The van der Waals surface area contributed by atoms with Crippen molar-refractivity contribution in [3.8, 4) is 0 Å². The molecule has 2 N–H and O–H groups in total. The van der Waals surface area contributed by atoms with E-state index in [1.165, 1.54) is 6.92 Å². The molecule has 2 amide bonds. The van der Waals surface area contributed by atoms with Gasteiger partial charge in [-0.05, 0) is 24.1 Å². The minimum atomic E-state index is -0.699. The zero-order valence-corrected chi connectivity index (χ0v) is 12.6. The van der Waals surface area contributed by atoms with Crippen molar-refractivity contribution in [2.75, 3.05) is 13.1 Å². The molecule has 1 aliphatic heterocycles. The highest BCUT2D eigenvalue weighted by Crippen LogP contribution is 2.27. The van der Waals surface area contributed by atoms with Crippen LogP contribution >= 0.6 is 0 Å². The number of carbonyl (C=O) groups excluding carboxylic acids is 2. The third-order valence-electron chi connectivity index (χ3n) is 3.72. The molecule has 2 rings (SSSR count). The Morgan fingerprint density at radius 2 is 1.90 bits per heavy atom. The third-order valence-corrected chi connectivity index (χ3v) is 3.72. The number of nitrogens with one attached hydrogen (secondary N) is 1. The molecule has 1 aliphatic rings. The highest BCUT2D eigenvalue weighted by Gasteiger charge is 2.42. The van der Waals surface area contributed by atoms with Gasteiger partial charge in [-0.3, -0.25) is 9.59 Å². The van der Waals surface area contributed by atoms with Crippen LogP contribution in [0.25, 0.3) is 0 Å². The number of β-amino-alcohol motifs (C(OH)–C–C–N with tert-alkyl or cyclic N) is 1. The third kappa shape index (κ3) is 3.82. The molecular formula is C16H22N2O3. The molecule has 21 heavy (non-hydrogen) atoms. The van der Waals surface area contributed by atoms with Crippen LogP contribution in [0.3, 0.4) is 0 Å². The summed E-state index contributed by atoms with van der Waals surface area (Å²) in [4.78, 5) is 24.8. The monoisotopic (exact) mass is 290 g/mol. The lowest BCUT2D eigenvalue weighted by atomic mass is 9.88. The molecule has 0 radical (unpaired) electrons. The molecule has 1 fully saturated rings. The van der Waals surface area contributed by atoms with Crippen molar-refractivity contribution in [2.45, 2.75) is 38.8 Å². The Balaban J connectivity index is 1.91. The van der Waals surface area contributed by atoms with E-state index in [0.717, 1.165) is 18.4 Å². The number of rotatable bonds is 5. The summed E-state index contributed by atoms with van der Waals surface area (Å²) in [5.74, 6) is -0.132. The number of likely N-dealkylation sites (tertiary alicyclic amines) is 1. The van der Waals surface area contributed by atoms with Gasteiger partial charge in [-0.1, -0.05) is 25.5 Å². The van der Waals surface area contributed by atoms with Crippen LogP contribution in [0.5, 0.6) is 0 Å². The van der Waals surface area contributed by atoms with Crippen LogP contribution in [-0.2, 0) is 11.3 Å². The quantitative estimate of drug-likeness (QED) is 0.859. The molecule has 0 aliphatic carbocycles. The Hall–Kier alpha value is -1.88. The van der Waals surface area contributed by atoms with Crippen LogP contribution in [0.2, 0.25) is 0 Å². The van der Waals surface area contributed by atoms with Gasteiger partial charge in [0.15, 0.2) is 0 Å². The van der Waals surface area contributed by atoms with Crippen LogP contribution in [0, 0.1) is 0 Å². The molecule has 5 heteroatoms. The van der Waals surface area contributed by atoms with Crippen molar-refractivity contribution in [2.24, 2.45) is 0 Å². The van der Waals surface area contributed by atoms with Crippen LogP contribution in [-0.4, -0.2) is 40.5 Å². The molecule has 114 valence electrons. The Kier molecular flexibility index (Phi) is 4.63. The summed E-state index contributed by atoms with van der Waals surface area (Å²) < 4.78 is 0. The second-order valence-electron chi connectivity index (χ2n) is 5.74. The first-order valence-corrected chi connectivity index (χ1v) is 7.28. The van der Waals surface area contributed by atoms with Crippen LogP contribution < -0.4 is 5.32 Å². The molecular weight excluding hydrogens is 268 g/mol. The summed E-state index contributed by atoms with van der Waals surface area (Å²) in [7, 11) is 0. The first kappa shape index (κ1) is 15.5. The molecule has 0 atom stereocenters. The molecule has 1 heterocycles. The summed E-state index contributed by atoms with van der Waals surface area (Å²) >= 11 is 0. The number of carbonyl (C=O) groups is 2. The van der Waals surface area contributed by atoms with Gasteiger partial charge >= 0.3 is 0 Å². The molecule has 0 saturated carbocycles. The highest BCUT2D eigenvalue weighted by atomic mass is 16.3. The van der Waals surface area contributed by atoms with Gasteiger partial charge in [0.05, 0.1) is 18.7 Å². The van der Waals surface area contributed by atoms with Crippen molar-refractivity contribution in [1.82, 2.24) is 10.2 Å². The molecule has 1 saturated heterocycles. The minimum absolute atomic E-state index is 0.0538. The number of amides is 2. The fraction of sp³-hybridized carbons (Fsp3) is 0.500. The molecule has 1 aromatic rings. The van der Waals surface area contributed by atoms with E-state index in [2.05, 4.69) is 5.32 Å². The Labute approximate surface area is 125 Å². The fourth-order valence-corrected chi connectivity index (χ4v) is 2.61. The second kappa shape index (κ2) is 6.26. The maximum absolute atomic E-state index is 12.2. The number of nitrogens with zero attached hydrogens (tertiary/aromatic N) is 1. The van der Waals surface area contributed by atoms with E-state index in [9.17, 15) is 14.7 Å². The molecule has 5 nitrogen and oxygen atoms in total. The number of hydrogen-bond acceptors (Lipinski definition) is 3. The Morgan fingerprint density at radius 1 is 1.29 bits per heavy atom. The van der Waals surface area contributed by atoms with E-state index in [1.807, 2.05) is 19.1 Å². The lowest BCUT2D eigenvalue weighted by molar-refractivity contribution is -0.119. The van der Waals surface area contributed by atoms with E-state index < -0.39 is 5.60 Å². The van der Waals surface area contributed by atoms with Gasteiger partial charge in [0.25, 0.3) is 5.91 Å². The van der Waals surface area contributed by atoms with Gasteiger partial charge in [0, 0.05) is 19.0 Å². The second-order valence-corrected chi connectivity index (χ2v) is 5.74. The van der Waals surface area contributed by atoms with Gasteiger partial charge in [0.1, 0.15) is 0 Å². The molecule has 0 unspecified atom stereocenters. The topological polar surface area (TPSA) is 69.6 Å². The van der Waals surface area contributed by atoms with Crippen LogP contribution in [0.4, 0.5) is 0 Å². The predicted molar refractivity (Wildman–Crippen MR) is 79.7 cm³/mol. The van der Waals surface area contributed by atoms with E-state index in [-0.39, 0.29) is 11.8 Å². The first-order chi connectivity index (χ1) is 9.93. The number of hydrogen-bond donors (Lipinski definition) is 2. The van der Waals surface area contributed by atoms with E-state index in [0.29, 0.717) is 25.2 Å².